The highest BCUT2D eigenvalue weighted by atomic mass is 15.6. The number of aryl methyl sites for hydroxylation is 1. The average molecular weight is 391 g/mol. The third kappa shape index (κ3) is 4.59. The fourth-order valence-corrected chi connectivity index (χ4v) is 4.04. The van der Waals surface area contributed by atoms with Gasteiger partial charge in [-0.3, -0.25) is 14.9 Å². The van der Waals surface area contributed by atoms with Crippen LogP contribution >= 0.6 is 0 Å². The molecule has 152 valence electrons. The number of piperazine rings is 1. The zero-order valence-electron chi connectivity index (χ0n) is 17.2. The minimum atomic E-state index is 0.791. The van der Waals surface area contributed by atoms with E-state index in [9.17, 15) is 0 Å². The summed E-state index contributed by atoms with van der Waals surface area (Å²) in [5.41, 5.74) is 3.79. The number of pyridine rings is 1. The number of hydrazone groups is 1. The van der Waals surface area contributed by atoms with Gasteiger partial charge in [-0.25, -0.2) is 0 Å². The predicted octanol–water partition coefficient (Wildman–Crippen LogP) is 2.63. The summed E-state index contributed by atoms with van der Waals surface area (Å²) < 4.78 is 0. The van der Waals surface area contributed by atoms with Crippen molar-refractivity contribution in [2.24, 2.45) is 5.10 Å². The number of nitrogens with zero attached hydrogens (tertiary/aromatic N) is 6. The van der Waals surface area contributed by atoms with E-state index in [1.54, 1.807) is 6.20 Å². The normalized spacial score (nSPS) is 17.6. The molecule has 0 saturated carbocycles. The maximum Gasteiger partial charge on any atom is 0.159 e. The average Bonchev–Trinajstić information content (AvgIpc) is 3.17. The first-order valence-electron chi connectivity index (χ1n) is 10.4. The van der Waals surface area contributed by atoms with Crippen LogP contribution < -0.4 is 4.90 Å². The molecule has 2 aliphatic heterocycles. The summed E-state index contributed by atoms with van der Waals surface area (Å²) in [6.45, 7) is 14.0. The zero-order chi connectivity index (χ0) is 20.1. The largest absolute Gasteiger partial charge is 0.369 e. The van der Waals surface area contributed by atoms with Gasteiger partial charge >= 0.3 is 0 Å². The lowest BCUT2D eigenvalue weighted by Crippen LogP contribution is -2.48. The Morgan fingerprint density at radius 2 is 1.86 bits per heavy atom. The van der Waals surface area contributed by atoms with Crippen LogP contribution in [0.1, 0.15) is 11.1 Å². The summed E-state index contributed by atoms with van der Waals surface area (Å²) in [7, 11) is 0. The van der Waals surface area contributed by atoms with E-state index in [1.165, 1.54) is 11.3 Å². The van der Waals surface area contributed by atoms with Gasteiger partial charge in [0.2, 0.25) is 0 Å². The lowest BCUT2D eigenvalue weighted by Gasteiger charge is -2.37. The van der Waals surface area contributed by atoms with Gasteiger partial charge in [0, 0.05) is 62.9 Å². The number of hydrogen-bond donors (Lipinski definition) is 0. The van der Waals surface area contributed by atoms with Gasteiger partial charge in [0.1, 0.15) is 6.67 Å². The summed E-state index contributed by atoms with van der Waals surface area (Å²) in [5, 5.41) is 7.03. The van der Waals surface area contributed by atoms with E-state index in [-0.39, 0.29) is 0 Å². The number of rotatable bonds is 7. The lowest BCUT2D eigenvalue weighted by atomic mass is 10.1. The molecule has 1 saturated heterocycles. The molecule has 29 heavy (non-hydrogen) atoms. The molecular formula is C23H30N6. The van der Waals surface area contributed by atoms with Gasteiger partial charge in [0.05, 0.1) is 6.54 Å². The molecule has 0 radical (unpaired) electrons. The van der Waals surface area contributed by atoms with Crippen molar-refractivity contribution in [1.82, 2.24) is 19.8 Å². The molecule has 6 heteroatoms. The number of amidine groups is 1. The van der Waals surface area contributed by atoms with E-state index >= 15 is 0 Å². The second-order valence-electron chi connectivity index (χ2n) is 7.66. The van der Waals surface area contributed by atoms with Crippen LogP contribution in [-0.4, -0.2) is 78.1 Å². The number of para-hydroxylation sites is 1. The minimum Gasteiger partial charge on any atom is -0.369 e. The highest BCUT2D eigenvalue weighted by Gasteiger charge is 2.24. The van der Waals surface area contributed by atoms with Gasteiger partial charge in [0.25, 0.3) is 0 Å². The van der Waals surface area contributed by atoms with E-state index in [4.69, 9.17) is 5.10 Å². The van der Waals surface area contributed by atoms with E-state index in [1.807, 2.05) is 18.3 Å². The van der Waals surface area contributed by atoms with Crippen molar-refractivity contribution in [3.05, 3.63) is 72.6 Å². The molecule has 0 unspecified atom stereocenters. The Hall–Kier alpha value is -2.86. The van der Waals surface area contributed by atoms with Gasteiger partial charge in [-0.15, -0.1) is 6.58 Å². The second kappa shape index (κ2) is 9.09. The summed E-state index contributed by atoms with van der Waals surface area (Å²) >= 11 is 0. The molecule has 1 fully saturated rings. The van der Waals surface area contributed by atoms with E-state index in [2.05, 4.69) is 68.5 Å². The highest BCUT2D eigenvalue weighted by molar-refractivity contribution is 5.99. The first-order valence-corrected chi connectivity index (χ1v) is 10.4. The molecule has 0 amide bonds. The topological polar surface area (TPSA) is 38.2 Å². The monoisotopic (exact) mass is 390 g/mol. The van der Waals surface area contributed by atoms with Crippen LogP contribution in [0, 0.1) is 6.92 Å². The molecule has 0 atom stereocenters. The lowest BCUT2D eigenvalue weighted by molar-refractivity contribution is 0.185. The van der Waals surface area contributed by atoms with Gasteiger partial charge < -0.3 is 9.80 Å². The SMILES string of the molecule is C=CCN1CN(CCN2CCN(c3ccccc3C)CC2)N=C1c1cccnc1. The van der Waals surface area contributed by atoms with Crippen molar-refractivity contribution in [1.29, 1.82) is 0 Å². The molecule has 3 heterocycles. The molecular weight excluding hydrogens is 360 g/mol. The first kappa shape index (κ1) is 19.5. The fourth-order valence-electron chi connectivity index (χ4n) is 4.04. The van der Waals surface area contributed by atoms with Crippen LogP contribution in [0.4, 0.5) is 5.69 Å². The zero-order valence-corrected chi connectivity index (χ0v) is 17.2. The Labute approximate surface area is 173 Å². The van der Waals surface area contributed by atoms with Gasteiger partial charge in [-0.05, 0) is 30.7 Å². The van der Waals surface area contributed by atoms with Crippen LogP contribution in [0.3, 0.4) is 0 Å². The van der Waals surface area contributed by atoms with Gasteiger partial charge in [-0.2, -0.15) is 5.10 Å². The molecule has 1 aromatic heterocycles. The van der Waals surface area contributed by atoms with Crippen molar-refractivity contribution in [2.45, 2.75) is 6.92 Å². The second-order valence-corrected chi connectivity index (χ2v) is 7.66. The standard InChI is InChI=1S/C23H30N6/c1-3-11-28-19-29(25-23(28)21-8-6-10-24-18-21)17-14-26-12-15-27(16-13-26)22-9-5-4-7-20(22)2/h3-10,18H,1,11-17,19H2,2H3. The van der Waals surface area contributed by atoms with Crippen molar-refractivity contribution in [3.8, 4) is 0 Å². The summed E-state index contributed by atoms with van der Waals surface area (Å²) in [6.07, 6.45) is 5.61. The van der Waals surface area contributed by atoms with Crippen LogP contribution in [0.2, 0.25) is 0 Å². The van der Waals surface area contributed by atoms with E-state index < -0.39 is 0 Å². The molecule has 0 aliphatic carbocycles. The Bertz CT molecular complexity index is 841. The molecule has 0 N–H and O–H groups in total. The molecule has 4 rings (SSSR count). The Kier molecular flexibility index (Phi) is 6.10. The van der Waals surface area contributed by atoms with Crippen molar-refractivity contribution < 1.29 is 0 Å². The third-order valence-electron chi connectivity index (χ3n) is 5.64. The number of aromatic nitrogens is 1. The Morgan fingerprint density at radius 3 is 2.59 bits per heavy atom. The summed E-state index contributed by atoms with van der Waals surface area (Å²) in [6, 6.07) is 12.7. The quantitative estimate of drug-likeness (QED) is 0.680. The van der Waals surface area contributed by atoms with Gasteiger partial charge in [-0.1, -0.05) is 24.3 Å². The summed E-state index contributed by atoms with van der Waals surface area (Å²) in [4.78, 5) is 11.5. The van der Waals surface area contributed by atoms with E-state index in [0.29, 0.717) is 0 Å². The van der Waals surface area contributed by atoms with Crippen LogP contribution in [0.25, 0.3) is 0 Å². The Morgan fingerprint density at radius 1 is 1.03 bits per heavy atom. The number of hydrogen-bond acceptors (Lipinski definition) is 6. The van der Waals surface area contributed by atoms with Crippen LogP contribution in [0.5, 0.6) is 0 Å². The maximum atomic E-state index is 4.87. The fraction of sp³-hybridized carbons (Fsp3) is 0.391. The van der Waals surface area contributed by atoms with Crippen LogP contribution in [-0.2, 0) is 0 Å². The first-order chi connectivity index (χ1) is 14.2. The molecule has 2 aromatic rings. The smallest absolute Gasteiger partial charge is 0.159 e. The van der Waals surface area contributed by atoms with Crippen molar-refractivity contribution >= 4 is 11.5 Å². The minimum absolute atomic E-state index is 0.791. The highest BCUT2D eigenvalue weighted by Crippen LogP contribution is 2.21. The van der Waals surface area contributed by atoms with Crippen molar-refractivity contribution in [3.63, 3.8) is 0 Å². The maximum absolute atomic E-state index is 4.87. The molecule has 0 spiro atoms. The summed E-state index contributed by atoms with van der Waals surface area (Å²) in [5.74, 6) is 0.988. The van der Waals surface area contributed by atoms with E-state index in [0.717, 1.165) is 63.9 Å². The third-order valence-corrected chi connectivity index (χ3v) is 5.64. The predicted molar refractivity (Wildman–Crippen MR) is 119 cm³/mol. The molecule has 6 nitrogen and oxygen atoms in total. The molecule has 1 aromatic carbocycles. The van der Waals surface area contributed by atoms with Crippen LogP contribution in [0.15, 0.2) is 66.5 Å². The number of anilines is 1. The molecule has 2 aliphatic rings. The number of benzene rings is 1. The molecule has 0 bridgehead atoms. The van der Waals surface area contributed by atoms with Gasteiger partial charge in [0.15, 0.2) is 5.84 Å². The Balaban J connectivity index is 1.31. The van der Waals surface area contributed by atoms with Crippen molar-refractivity contribution in [2.75, 3.05) is 57.4 Å².